The number of anilines is 1. The smallest absolute Gasteiger partial charge is 0.223 e. The van der Waals surface area contributed by atoms with Crippen LogP contribution in [0.15, 0.2) is 6.07 Å². The van der Waals surface area contributed by atoms with Gasteiger partial charge in [0.1, 0.15) is 0 Å². The van der Waals surface area contributed by atoms with Gasteiger partial charge in [-0.15, -0.1) is 11.6 Å². The van der Waals surface area contributed by atoms with E-state index >= 15 is 0 Å². The maximum absolute atomic E-state index is 6.21. The topological polar surface area (TPSA) is 37.8 Å². The summed E-state index contributed by atoms with van der Waals surface area (Å²) in [5.74, 6) is 2.06. The molecule has 1 aliphatic carbocycles. The Hall–Kier alpha value is -0.830. The van der Waals surface area contributed by atoms with Crippen molar-refractivity contribution in [1.82, 2.24) is 9.97 Å². The zero-order chi connectivity index (χ0) is 13.2. The first-order valence-corrected chi connectivity index (χ1v) is 7.23. The van der Waals surface area contributed by atoms with Crippen molar-refractivity contribution in [2.75, 3.05) is 11.2 Å². The molecular weight excluding hydrogens is 246 g/mol. The quantitative estimate of drug-likeness (QED) is 0.849. The average molecular weight is 268 g/mol. The monoisotopic (exact) mass is 267 g/mol. The van der Waals surface area contributed by atoms with Gasteiger partial charge in [0.2, 0.25) is 5.95 Å². The minimum atomic E-state index is -0.0283. The van der Waals surface area contributed by atoms with E-state index in [1.54, 1.807) is 0 Å². The first-order valence-electron chi connectivity index (χ1n) is 6.69. The highest BCUT2D eigenvalue weighted by Gasteiger charge is 2.34. The molecule has 0 aliphatic heterocycles. The highest BCUT2D eigenvalue weighted by molar-refractivity contribution is 6.18. The molecule has 0 radical (unpaired) electrons. The Kier molecular flexibility index (Phi) is 4.10. The zero-order valence-electron chi connectivity index (χ0n) is 11.5. The molecule has 0 spiro atoms. The predicted molar refractivity (Wildman–Crippen MR) is 76.2 cm³/mol. The summed E-state index contributed by atoms with van der Waals surface area (Å²) in [6.45, 7) is 6.29. The third kappa shape index (κ3) is 3.14. The molecule has 1 aromatic rings. The van der Waals surface area contributed by atoms with E-state index in [2.05, 4.69) is 22.2 Å². The van der Waals surface area contributed by atoms with Crippen LogP contribution in [-0.2, 0) is 0 Å². The van der Waals surface area contributed by atoms with Gasteiger partial charge in [-0.25, -0.2) is 9.97 Å². The number of alkyl halides is 1. The third-order valence-corrected chi connectivity index (χ3v) is 4.22. The molecule has 1 saturated carbocycles. The number of rotatable bonds is 3. The van der Waals surface area contributed by atoms with E-state index < -0.39 is 0 Å². The molecule has 2 unspecified atom stereocenters. The fraction of sp³-hybridized carbons (Fsp3) is 0.714. The Balaban J connectivity index is 2.18. The van der Waals surface area contributed by atoms with Crippen LogP contribution in [0.5, 0.6) is 0 Å². The van der Waals surface area contributed by atoms with E-state index in [9.17, 15) is 0 Å². The summed E-state index contributed by atoms with van der Waals surface area (Å²) in [6, 6.07) is 1.99. The van der Waals surface area contributed by atoms with E-state index in [-0.39, 0.29) is 5.54 Å². The normalized spacial score (nSPS) is 28.1. The van der Waals surface area contributed by atoms with Crippen LogP contribution in [0.4, 0.5) is 5.95 Å². The summed E-state index contributed by atoms with van der Waals surface area (Å²) in [4.78, 5) is 8.93. The Morgan fingerprint density at radius 1 is 1.39 bits per heavy atom. The lowest BCUT2D eigenvalue weighted by Gasteiger charge is -2.39. The van der Waals surface area contributed by atoms with E-state index in [1.165, 1.54) is 12.8 Å². The third-order valence-electron chi connectivity index (χ3n) is 3.71. The van der Waals surface area contributed by atoms with Gasteiger partial charge in [-0.05, 0) is 38.7 Å². The van der Waals surface area contributed by atoms with Crippen LogP contribution in [-0.4, -0.2) is 21.4 Å². The van der Waals surface area contributed by atoms with Gasteiger partial charge in [-0.2, -0.15) is 0 Å². The number of hydrogen-bond acceptors (Lipinski definition) is 3. The summed E-state index contributed by atoms with van der Waals surface area (Å²) in [7, 11) is 0. The van der Waals surface area contributed by atoms with Gasteiger partial charge in [-0.1, -0.05) is 19.8 Å². The largest absolute Gasteiger partial charge is 0.348 e. The van der Waals surface area contributed by atoms with Crippen LogP contribution in [0.1, 0.15) is 44.0 Å². The molecule has 0 aromatic carbocycles. The highest BCUT2D eigenvalue weighted by Crippen LogP contribution is 2.35. The Labute approximate surface area is 114 Å². The molecule has 100 valence electrons. The minimum absolute atomic E-state index is 0.0283. The fourth-order valence-corrected chi connectivity index (χ4v) is 3.26. The van der Waals surface area contributed by atoms with Gasteiger partial charge in [-0.3, -0.25) is 0 Å². The first kappa shape index (κ1) is 13.6. The maximum atomic E-state index is 6.21. The van der Waals surface area contributed by atoms with Crippen molar-refractivity contribution in [3.8, 4) is 0 Å². The molecule has 1 N–H and O–H groups in total. The molecule has 2 atom stereocenters. The molecule has 1 aliphatic rings. The van der Waals surface area contributed by atoms with Crippen LogP contribution < -0.4 is 5.32 Å². The van der Waals surface area contributed by atoms with Gasteiger partial charge in [0, 0.05) is 17.3 Å². The summed E-state index contributed by atoms with van der Waals surface area (Å²) < 4.78 is 0. The molecule has 1 heterocycles. The van der Waals surface area contributed by atoms with Crippen LogP contribution >= 0.6 is 11.6 Å². The summed E-state index contributed by atoms with van der Waals surface area (Å²) >= 11 is 6.21. The molecule has 3 nitrogen and oxygen atoms in total. The summed E-state index contributed by atoms with van der Waals surface area (Å²) in [5.41, 5.74) is 1.97. The Morgan fingerprint density at radius 3 is 2.61 bits per heavy atom. The van der Waals surface area contributed by atoms with E-state index in [1.807, 2.05) is 19.9 Å². The molecular formula is C14H22ClN3. The van der Waals surface area contributed by atoms with Crippen molar-refractivity contribution in [3.05, 3.63) is 17.5 Å². The van der Waals surface area contributed by atoms with Crippen LogP contribution in [0.2, 0.25) is 0 Å². The lowest BCUT2D eigenvalue weighted by atomic mass is 9.77. The van der Waals surface area contributed by atoms with Crippen molar-refractivity contribution in [2.45, 2.75) is 52.0 Å². The molecule has 4 heteroatoms. The minimum Gasteiger partial charge on any atom is -0.348 e. The van der Waals surface area contributed by atoms with Crippen molar-refractivity contribution in [2.24, 2.45) is 5.92 Å². The van der Waals surface area contributed by atoms with Crippen LogP contribution in [0, 0.1) is 19.8 Å². The summed E-state index contributed by atoms with van der Waals surface area (Å²) in [5, 5.41) is 3.50. The van der Waals surface area contributed by atoms with Crippen LogP contribution in [0.3, 0.4) is 0 Å². The number of aryl methyl sites for hydroxylation is 2. The number of halogens is 1. The van der Waals surface area contributed by atoms with Crippen molar-refractivity contribution in [3.63, 3.8) is 0 Å². The van der Waals surface area contributed by atoms with Gasteiger partial charge in [0.05, 0.1) is 5.54 Å². The molecule has 1 aromatic heterocycles. The van der Waals surface area contributed by atoms with E-state index in [4.69, 9.17) is 11.6 Å². The second-order valence-electron chi connectivity index (χ2n) is 5.71. The fourth-order valence-electron chi connectivity index (χ4n) is 2.95. The van der Waals surface area contributed by atoms with Crippen molar-refractivity contribution in [1.29, 1.82) is 0 Å². The maximum Gasteiger partial charge on any atom is 0.223 e. The van der Waals surface area contributed by atoms with Gasteiger partial charge >= 0.3 is 0 Å². The number of nitrogens with one attached hydrogen (secondary N) is 1. The molecule has 2 rings (SSSR count). The van der Waals surface area contributed by atoms with Crippen molar-refractivity contribution >= 4 is 17.5 Å². The lowest BCUT2D eigenvalue weighted by Crippen LogP contribution is -2.44. The Morgan fingerprint density at radius 2 is 2.06 bits per heavy atom. The van der Waals surface area contributed by atoms with Crippen LogP contribution in [0.25, 0.3) is 0 Å². The molecule has 1 fully saturated rings. The number of hydrogen-bond donors (Lipinski definition) is 1. The SMILES string of the molecule is Cc1cc(C)nc(NC2(CCl)CCCC(C)C2)n1. The van der Waals surface area contributed by atoms with Gasteiger partial charge < -0.3 is 5.32 Å². The van der Waals surface area contributed by atoms with Gasteiger partial charge in [0.25, 0.3) is 0 Å². The lowest BCUT2D eigenvalue weighted by molar-refractivity contribution is 0.278. The molecule has 18 heavy (non-hydrogen) atoms. The van der Waals surface area contributed by atoms with E-state index in [0.717, 1.165) is 36.1 Å². The second kappa shape index (κ2) is 5.43. The average Bonchev–Trinajstić information content (AvgIpc) is 2.27. The number of nitrogens with zero attached hydrogens (tertiary/aromatic N) is 2. The second-order valence-corrected chi connectivity index (χ2v) is 5.98. The van der Waals surface area contributed by atoms with Crippen molar-refractivity contribution < 1.29 is 0 Å². The highest BCUT2D eigenvalue weighted by atomic mass is 35.5. The molecule has 0 amide bonds. The first-order chi connectivity index (χ1) is 8.53. The standard InChI is InChI=1S/C14H22ClN3/c1-10-5-4-6-14(8-10,9-15)18-13-16-11(2)7-12(3)17-13/h7,10H,4-6,8-9H2,1-3H3,(H,16,17,18). The predicted octanol–water partition coefficient (Wildman–Crippen LogP) is 3.69. The van der Waals surface area contributed by atoms with E-state index in [0.29, 0.717) is 5.88 Å². The molecule has 0 bridgehead atoms. The molecule has 0 saturated heterocycles. The number of aromatic nitrogens is 2. The van der Waals surface area contributed by atoms with Gasteiger partial charge in [0.15, 0.2) is 0 Å². The zero-order valence-corrected chi connectivity index (χ0v) is 12.2. The summed E-state index contributed by atoms with van der Waals surface area (Å²) in [6.07, 6.45) is 4.74. The Bertz CT molecular complexity index is 401.